The van der Waals surface area contributed by atoms with Crippen LogP contribution in [0.5, 0.6) is 0 Å². The minimum atomic E-state index is -0.155. The van der Waals surface area contributed by atoms with Gasteiger partial charge in [-0.1, -0.05) is 18.2 Å². The van der Waals surface area contributed by atoms with E-state index in [-0.39, 0.29) is 11.7 Å². The lowest BCUT2D eigenvalue weighted by molar-refractivity contribution is -0.694. The molecule has 0 atom stereocenters. The standard InChI is InChI=1S/C15H11Br2N5OS/c16-10-6-12(17)14(18-7-10)21-13(23)8-24-15-19-9-20-22(15)11-4-2-1-3-5-11/h1-7,9H,8H2,(H,18,21,23)/p+1. The van der Waals surface area contributed by atoms with Gasteiger partial charge in [-0.2, -0.15) is 5.10 Å². The van der Waals surface area contributed by atoms with Gasteiger partial charge >= 0.3 is 5.16 Å². The number of H-pyrrole nitrogens is 1. The molecule has 1 amide bonds. The Hall–Kier alpha value is -1.71. The summed E-state index contributed by atoms with van der Waals surface area (Å²) in [6, 6.07) is 11.6. The summed E-state index contributed by atoms with van der Waals surface area (Å²) in [6.07, 6.45) is 3.23. The molecule has 1 aromatic carbocycles. The Labute approximate surface area is 159 Å². The van der Waals surface area contributed by atoms with Crippen molar-refractivity contribution in [2.45, 2.75) is 5.16 Å². The zero-order chi connectivity index (χ0) is 16.9. The number of thioether (sulfide) groups is 1. The number of amides is 1. The van der Waals surface area contributed by atoms with Crippen molar-refractivity contribution in [3.63, 3.8) is 0 Å². The van der Waals surface area contributed by atoms with Crippen molar-refractivity contribution in [2.75, 3.05) is 11.1 Å². The first kappa shape index (κ1) is 17.1. The number of aromatic nitrogens is 4. The summed E-state index contributed by atoms with van der Waals surface area (Å²) >= 11 is 8.04. The van der Waals surface area contributed by atoms with Crippen molar-refractivity contribution >= 4 is 55.3 Å². The molecule has 2 N–H and O–H groups in total. The highest BCUT2D eigenvalue weighted by molar-refractivity contribution is 9.11. The van der Waals surface area contributed by atoms with E-state index >= 15 is 0 Å². The minimum absolute atomic E-state index is 0.155. The van der Waals surface area contributed by atoms with Gasteiger partial charge in [0.05, 0.1) is 10.2 Å². The van der Waals surface area contributed by atoms with E-state index in [4.69, 9.17) is 0 Å². The molecule has 2 heterocycles. The summed E-state index contributed by atoms with van der Waals surface area (Å²) in [5, 5.41) is 6.52. The Kier molecular flexibility index (Phi) is 5.64. The second kappa shape index (κ2) is 7.91. The van der Waals surface area contributed by atoms with Crippen LogP contribution in [0.2, 0.25) is 0 Å². The van der Waals surface area contributed by atoms with E-state index < -0.39 is 0 Å². The van der Waals surface area contributed by atoms with Crippen LogP contribution in [0.25, 0.3) is 5.69 Å². The molecule has 9 heteroatoms. The first-order valence-electron chi connectivity index (χ1n) is 6.88. The van der Waals surface area contributed by atoms with E-state index in [0.717, 1.165) is 10.2 Å². The lowest BCUT2D eigenvalue weighted by atomic mass is 10.3. The molecule has 24 heavy (non-hydrogen) atoms. The van der Waals surface area contributed by atoms with E-state index in [1.54, 1.807) is 12.5 Å². The highest BCUT2D eigenvalue weighted by atomic mass is 79.9. The summed E-state index contributed by atoms with van der Waals surface area (Å²) in [7, 11) is 0. The third-order valence-electron chi connectivity index (χ3n) is 2.97. The minimum Gasteiger partial charge on any atom is -0.309 e. The normalized spacial score (nSPS) is 10.6. The van der Waals surface area contributed by atoms with Crippen LogP contribution in [0.1, 0.15) is 0 Å². The van der Waals surface area contributed by atoms with Crippen LogP contribution in [0, 0.1) is 0 Å². The van der Waals surface area contributed by atoms with Gasteiger partial charge in [-0.15, -0.1) is 4.68 Å². The number of anilines is 1. The molecule has 122 valence electrons. The fourth-order valence-electron chi connectivity index (χ4n) is 1.92. The molecule has 0 unspecified atom stereocenters. The van der Waals surface area contributed by atoms with Gasteiger partial charge in [-0.05, 0) is 66.8 Å². The van der Waals surface area contributed by atoms with Crippen LogP contribution in [-0.4, -0.2) is 26.7 Å². The molecule has 2 aromatic heterocycles. The highest BCUT2D eigenvalue weighted by Crippen LogP contribution is 2.23. The molecule has 0 aliphatic carbocycles. The van der Waals surface area contributed by atoms with Gasteiger partial charge in [0, 0.05) is 10.7 Å². The molecule has 0 saturated carbocycles. The zero-order valence-corrected chi connectivity index (χ0v) is 16.2. The number of nitrogens with zero attached hydrogens (tertiary/aromatic N) is 3. The number of carbonyl (C=O) groups is 1. The Morgan fingerprint density at radius 3 is 2.79 bits per heavy atom. The van der Waals surface area contributed by atoms with Gasteiger partial charge in [0.15, 0.2) is 5.69 Å². The number of benzene rings is 1. The van der Waals surface area contributed by atoms with Crippen molar-refractivity contribution in [1.82, 2.24) is 15.1 Å². The summed E-state index contributed by atoms with van der Waals surface area (Å²) in [6.45, 7) is 0. The quantitative estimate of drug-likeness (QED) is 0.444. The molecule has 3 aromatic rings. The predicted molar refractivity (Wildman–Crippen MR) is 99.1 cm³/mol. The molecule has 0 fully saturated rings. The fraction of sp³-hybridized carbons (Fsp3) is 0.0667. The van der Waals surface area contributed by atoms with Crippen LogP contribution < -0.4 is 10.00 Å². The number of nitrogens with one attached hydrogen (secondary N) is 2. The van der Waals surface area contributed by atoms with E-state index in [2.05, 4.69) is 52.2 Å². The zero-order valence-electron chi connectivity index (χ0n) is 12.2. The molecule has 0 bridgehead atoms. The number of para-hydroxylation sites is 1. The van der Waals surface area contributed by atoms with E-state index in [0.29, 0.717) is 15.4 Å². The van der Waals surface area contributed by atoms with Gasteiger partial charge in [0.2, 0.25) is 12.2 Å². The summed E-state index contributed by atoms with van der Waals surface area (Å²) in [5.41, 5.74) is 0.954. The van der Waals surface area contributed by atoms with E-state index in [1.807, 2.05) is 41.1 Å². The maximum absolute atomic E-state index is 12.1. The Morgan fingerprint density at radius 2 is 2.04 bits per heavy atom. The Morgan fingerprint density at radius 1 is 1.25 bits per heavy atom. The number of carbonyl (C=O) groups excluding carboxylic acids is 1. The van der Waals surface area contributed by atoms with Crippen LogP contribution in [0.4, 0.5) is 5.82 Å². The first-order valence-corrected chi connectivity index (χ1v) is 9.45. The van der Waals surface area contributed by atoms with Crippen molar-refractivity contribution in [3.05, 3.63) is 57.9 Å². The summed E-state index contributed by atoms with van der Waals surface area (Å²) in [4.78, 5) is 20.6. The Bertz CT molecular complexity index is 856. The van der Waals surface area contributed by atoms with Crippen LogP contribution >= 0.6 is 43.6 Å². The van der Waals surface area contributed by atoms with Crippen molar-refractivity contribution in [1.29, 1.82) is 0 Å². The van der Waals surface area contributed by atoms with Crippen LogP contribution in [0.15, 0.2) is 63.0 Å². The molecule has 0 saturated heterocycles. The molecule has 0 aliphatic heterocycles. The largest absolute Gasteiger partial charge is 0.385 e. The van der Waals surface area contributed by atoms with Gasteiger partial charge in [0.25, 0.3) is 0 Å². The molecular weight excluding hydrogens is 458 g/mol. The van der Waals surface area contributed by atoms with Gasteiger partial charge in [0.1, 0.15) is 5.82 Å². The number of aromatic amines is 1. The number of hydrogen-bond acceptors (Lipinski definition) is 4. The molecule has 3 rings (SSSR count). The molecular formula is C15H12Br2N5OS+. The lowest BCUT2D eigenvalue weighted by Gasteiger charge is -2.05. The number of pyridine rings is 1. The third kappa shape index (κ3) is 4.22. The van der Waals surface area contributed by atoms with E-state index in [9.17, 15) is 4.79 Å². The fourth-order valence-corrected chi connectivity index (χ4v) is 3.76. The SMILES string of the molecule is O=C(CSc1nc[nH][n+]1-c1ccccc1)Nc1ncc(Br)cc1Br. The van der Waals surface area contributed by atoms with Crippen molar-refractivity contribution < 1.29 is 9.48 Å². The molecule has 0 aliphatic rings. The lowest BCUT2D eigenvalue weighted by Crippen LogP contribution is -2.35. The van der Waals surface area contributed by atoms with Gasteiger partial charge in [-0.25, -0.2) is 4.98 Å². The van der Waals surface area contributed by atoms with Gasteiger partial charge < -0.3 is 5.32 Å². The average Bonchev–Trinajstić information content (AvgIpc) is 3.05. The molecule has 6 nitrogen and oxygen atoms in total. The second-order valence-corrected chi connectivity index (χ2v) is 7.37. The number of halogens is 2. The van der Waals surface area contributed by atoms with E-state index in [1.165, 1.54) is 11.8 Å². The summed E-state index contributed by atoms with van der Waals surface area (Å²) in [5.74, 6) is 0.557. The Balaban J connectivity index is 1.64. The molecule has 0 spiro atoms. The van der Waals surface area contributed by atoms with Crippen LogP contribution in [0.3, 0.4) is 0 Å². The highest BCUT2D eigenvalue weighted by Gasteiger charge is 2.19. The van der Waals surface area contributed by atoms with Crippen molar-refractivity contribution in [2.24, 2.45) is 0 Å². The number of rotatable bonds is 5. The second-order valence-electron chi connectivity index (χ2n) is 4.66. The smallest absolute Gasteiger partial charge is 0.309 e. The van der Waals surface area contributed by atoms with Gasteiger partial charge in [-0.3, -0.25) is 4.79 Å². The first-order chi connectivity index (χ1) is 11.6. The van der Waals surface area contributed by atoms with Crippen LogP contribution in [-0.2, 0) is 4.79 Å². The van der Waals surface area contributed by atoms with Crippen molar-refractivity contribution in [3.8, 4) is 5.69 Å². The average molecular weight is 470 g/mol. The third-order valence-corrected chi connectivity index (χ3v) is 4.96. The monoisotopic (exact) mass is 468 g/mol. The maximum atomic E-state index is 12.1. The predicted octanol–water partition coefficient (Wildman–Crippen LogP) is 3.34. The number of hydrogen-bond donors (Lipinski definition) is 2. The molecule has 0 radical (unpaired) electrons. The topological polar surface area (TPSA) is 74.6 Å². The maximum Gasteiger partial charge on any atom is 0.385 e. The summed E-state index contributed by atoms with van der Waals surface area (Å²) < 4.78 is 3.38.